The first kappa shape index (κ1) is 39.1. The molecule has 0 unspecified atom stereocenters. The first-order valence-corrected chi connectivity index (χ1v) is 20.5. The first-order chi connectivity index (χ1) is 25.8. The van der Waals surface area contributed by atoms with Gasteiger partial charge in [-0.3, -0.25) is 4.79 Å². The average molecular weight is 797 g/mol. The Labute approximate surface area is 334 Å². The van der Waals surface area contributed by atoms with Crippen molar-refractivity contribution < 1.29 is 23.8 Å². The normalized spacial score (nSPS) is 23.8. The number of carbonyl (C=O) groups is 2. The minimum atomic E-state index is -0.633. The summed E-state index contributed by atoms with van der Waals surface area (Å²) < 4.78 is 17.6. The zero-order valence-corrected chi connectivity index (χ0v) is 34.2. The second kappa shape index (κ2) is 16.1. The van der Waals surface area contributed by atoms with Gasteiger partial charge in [-0.25, -0.2) is 4.79 Å². The van der Waals surface area contributed by atoms with Crippen molar-refractivity contribution in [3.8, 4) is 5.75 Å². The number of carbonyl (C=O) groups excluding carboxylic acids is 2. The third kappa shape index (κ3) is 8.62. The molecule has 4 fully saturated rings. The van der Waals surface area contributed by atoms with Gasteiger partial charge in [0.25, 0.3) is 0 Å². The van der Waals surface area contributed by atoms with E-state index < -0.39 is 11.5 Å². The van der Waals surface area contributed by atoms with Crippen molar-refractivity contribution in [3.05, 3.63) is 91.9 Å². The van der Waals surface area contributed by atoms with Crippen LogP contribution >= 0.6 is 34.8 Å². The van der Waals surface area contributed by atoms with Crippen molar-refractivity contribution >= 4 is 52.5 Å². The van der Waals surface area contributed by atoms with Crippen LogP contribution in [0, 0.1) is 12.8 Å². The number of anilines is 1. The smallest absolute Gasteiger partial charge is 0.410 e. The highest BCUT2D eigenvalue weighted by Crippen LogP contribution is 2.49. The second-order valence-corrected chi connectivity index (χ2v) is 17.8. The van der Waals surface area contributed by atoms with Gasteiger partial charge in [0.1, 0.15) is 11.7 Å². The lowest BCUT2D eigenvalue weighted by molar-refractivity contribution is -0.141. The Morgan fingerprint density at radius 2 is 1.63 bits per heavy atom. The van der Waals surface area contributed by atoms with Crippen LogP contribution in [-0.4, -0.2) is 78.4 Å². The summed E-state index contributed by atoms with van der Waals surface area (Å²) in [6, 6.07) is 18.4. The summed E-state index contributed by atoms with van der Waals surface area (Å²) in [5.74, 6) is 0.173. The summed E-state index contributed by atoms with van der Waals surface area (Å²) in [6.07, 6.45) is 5.50. The molecule has 7 rings (SSSR count). The van der Waals surface area contributed by atoms with Gasteiger partial charge in [0, 0.05) is 55.5 Å². The molecule has 11 heteroatoms. The van der Waals surface area contributed by atoms with E-state index in [9.17, 15) is 4.79 Å². The Bertz CT molecular complexity index is 1820. The molecule has 3 saturated heterocycles. The van der Waals surface area contributed by atoms with Crippen LogP contribution in [0.4, 0.5) is 10.5 Å². The van der Waals surface area contributed by atoms with E-state index in [0.717, 1.165) is 73.0 Å². The number of aryl methyl sites for hydroxylation is 1. The fourth-order valence-corrected chi connectivity index (χ4v) is 9.58. The molecule has 3 aromatic carbocycles. The molecule has 2 bridgehead atoms. The Hall–Kier alpha value is -3.17. The number of methoxy groups -OCH3 is 1. The van der Waals surface area contributed by atoms with Crippen molar-refractivity contribution in [3.63, 3.8) is 0 Å². The van der Waals surface area contributed by atoms with Gasteiger partial charge in [0.15, 0.2) is 5.75 Å². The van der Waals surface area contributed by atoms with Crippen molar-refractivity contribution in [2.45, 2.75) is 115 Å². The monoisotopic (exact) mass is 795 g/mol. The lowest BCUT2D eigenvalue weighted by Crippen LogP contribution is -2.56. The number of ether oxygens (including phenoxy) is 3. The summed E-state index contributed by atoms with van der Waals surface area (Å²) in [5.41, 5.74) is 4.65. The molecule has 0 N–H and O–H groups in total. The SMILES string of the molecule is COCCc1ccc(Cl)c(CN(C(=O)[C@H]2[C@H](c3ccc(N4CC[C@@H](Oc5c(Cl)cc(C)cc5Cl)C4)cc3)C[C@H]3CC[C@@H]2N3C(=O)OC(C)(C)C)C2CC2)c1. The fourth-order valence-electron chi connectivity index (χ4n) is 8.71. The number of rotatable bonds is 11. The third-order valence-electron chi connectivity index (χ3n) is 11.4. The molecule has 5 atom stereocenters. The van der Waals surface area contributed by atoms with E-state index in [1.54, 1.807) is 7.11 Å². The molecular weight excluding hydrogens is 745 g/mol. The maximum Gasteiger partial charge on any atom is 0.410 e. The van der Waals surface area contributed by atoms with Crippen molar-refractivity contribution in [1.82, 2.24) is 9.80 Å². The molecule has 54 heavy (non-hydrogen) atoms. The van der Waals surface area contributed by atoms with Gasteiger partial charge in [-0.15, -0.1) is 0 Å². The second-order valence-electron chi connectivity index (χ2n) is 16.5. The molecular formula is C43H52Cl3N3O5. The largest absolute Gasteiger partial charge is 0.485 e. The average Bonchev–Trinajstić information content (AvgIpc) is 3.77. The van der Waals surface area contributed by atoms with E-state index in [4.69, 9.17) is 49.0 Å². The Kier molecular flexibility index (Phi) is 11.7. The maximum absolute atomic E-state index is 15.1. The van der Waals surface area contributed by atoms with Crippen LogP contribution in [0.5, 0.6) is 5.75 Å². The first-order valence-electron chi connectivity index (χ1n) is 19.3. The lowest BCUT2D eigenvalue weighted by Gasteiger charge is -2.45. The molecule has 1 aliphatic carbocycles. The molecule has 0 radical (unpaired) electrons. The summed E-state index contributed by atoms with van der Waals surface area (Å²) >= 11 is 19.8. The standard InChI is InChI=1S/C43H52Cl3N3O5/c1-26-20-36(45)40(37(46)21-26)53-33-16-18-47(25-33)30-9-7-28(8-10-30)34-23-32-13-15-38(49(32)42(51)54-43(2,3)4)39(34)41(50)48(31-11-12-31)24-29-22-27(17-19-52-5)6-14-35(29)44/h6-10,14,20-22,31-34,38-39H,11-13,15-19,23-25H2,1-5H3/t32-,33-,34+,38+,39+/m1/s1. The number of hydrogen-bond donors (Lipinski definition) is 0. The van der Waals surface area contributed by atoms with E-state index in [1.807, 2.05) is 56.9 Å². The van der Waals surface area contributed by atoms with E-state index in [0.29, 0.717) is 46.9 Å². The van der Waals surface area contributed by atoms with Gasteiger partial charge in [-0.2, -0.15) is 0 Å². The summed E-state index contributed by atoms with van der Waals surface area (Å²) in [4.78, 5) is 35.2. The molecule has 2 amide bonds. The van der Waals surface area contributed by atoms with Crippen LogP contribution in [-0.2, 0) is 27.2 Å². The maximum atomic E-state index is 15.1. The molecule has 3 aliphatic heterocycles. The highest BCUT2D eigenvalue weighted by molar-refractivity contribution is 6.37. The summed E-state index contributed by atoms with van der Waals surface area (Å²) in [6.45, 7) is 10.2. The molecule has 290 valence electrons. The summed E-state index contributed by atoms with van der Waals surface area (Å²) in [7, 11) is 1.70. The zero-order valence-electron chi connectivity index (χ0n) is 32.0. The fraction of sp³-hybridized carbons (Fsp3) is 0.535. The van der Waals surface area contributed by atoms with Crippen LogP contribution in [0.15, 0.2) is 54.6 Å². The molecule has 1 saturated carbocycles. The minimum Gasteiger partial charge on any atom is -0.485 e. The highest BCUT2D eigenvalue weighted by Gasteiger charge is 2.55. The number of halogens is 3. The van der Waals surface area contributed by atoms with Crippen molar-refractivity contribution in [2.24, 2.45) is 5.92 Å². The molecule has 3 heterocycles. The Morgan fingerprint density at radius 3 is 2.30 bits per heavy atom. The van der Waals surface area contributed by atoms with Crippen molar-refractivity contribution in [1.29, 1.82) is 0 Å². The highest BCUT2D eigenvalue weighted by atomic mass is 35.5. The van der Waals surface area contributed by atoms with Gasteiger partial charge < -0.3 is 28.9 Å². The Balaban J connectivity index is 1.14. The number of amides is 2. The van der Waals surface area contributed by atoms with E-state index in [-0.39, 0.29) is 42.1 Å². The van der Waals surface area contributed by atoms with Gasteiger partial charge in [0.05, 0.1) is 29.1 Å². The number of hydrogen-bond acceptors (Lipinski definition) is 6. The minimum absolute atomic E-state index is 0.0109. The van der Waals surface area contributed by atoms with Crippen LogP contribution in [0.1, 0.15) is 87.5 Å². The molecule has 0 aromatic heterocycles. The van der Waals surface area contributed by atoms with Crippen LogP contribution in [0.2, 0.25) is 15.1 Å². The zero-order chi connectivity index (χ0) is 38.3. The van der Waals surface area contributed by atoms with E-state index in [2.05, 4.69) is 40.1 Å². The molecule has 4 aliphatic rings. The van der Waals surface area contributed by atoms with Gasteiger partial charge in [-0.05, 0) is 125 Å². The third-order valence-corrected chi connectivity index (χ3v) is 12.3. The number of nitrogens with zero attached hydrogens (tertiary/aromatic N) is 3. The lowest BCUT2D eigenvalue weighted by atomic mass is 9.75. The summed E-state index contributed by atoms with van der Waals surface area (Å²) in [5, 5.41) is 1.70. The molecule has 3 aromatic rings. The van der Waals surface area contributed by atoms with Gasteiger partial charge in [-0.1, -0.05) is 59.1 Å². The predicted octanol–water partition coefficient (Wildman–Crippen LogP) is 9.86. The van der Waals surface area contributed by atoms with Gasteiger partial charge >= 0.3 is 6.09 Å². The van der Waals surface area contributed by atoms with Crippen molar-refractivity contribution in [2.75, 3.05) is 31.7 Å². The number of piperidine rings is 1. The predicted molar refractivity (Wildman–Crippen MR) is 215 cm³/mol. The topological polar surface area (TPSA) is 71.6 Å². The number of benzene rings is 3. The van der Waals surface area contributed by atoms with Crippen LogP contribution in [0.3, 0.4) is 0 Å². The van der Waals surface area contributed by atoms with Crippen LogP contribution < -0.4 is 9.64 Å². The molecule has 0 spiro atoms. The van der Waals surface area contributed by atoms with Crippen LogP contribution in [0.25, 0.3) is 0 Å². The molecule has 8 nitrogen and oxygen atoms in total. The Morgan fingerprint density at radius 1 is 0.907 bits per heavy atom. The quantitative estimate of drug-likeness (QED) is 0.193. The van der Waals surface area contributed by atoms with Gasteiger partial charge in [0.2, 0.25) is 5.91 Å². The van der Waals surface area contributed by atoms with E-state index in [1.165, 1.54) is 0 Å². The van der Waals surface area contributed by atoms with E-state index >= 15 is 4.79 Å². The number of fused-ring (bicyclic) bond motifs is 2.